The van der Waals surface area contributed by atoms with E-state index < -0.39 is 23.1 Å². The zero-order valence-corrected chi connectivity index (χ0v) is 20.8. The second-order valence-corrected chi connectivity index (χ2v) is 9.96. The van der Waals surface area contributed by atoms with Crippen LogP contribution in [0, 0.1) is 5.82 Å². The summed E-state index contributed by atoms with van der Waals surface area (Å²) in [6, 6.07) is 13.0. The van der Waals surface area contributed by atoms with Gasteiger partial charge < -0.3 is 5.32 Å². The molecule has 0 saturated heterocycles. The van der Waals surface area contributed by atoms with Crippen LogP contribution >= 0.6 is 0 Å². The molecule has 1 aliphatic carbocycles. The summed E-state index contributed by atoms with van der Waals surface area (Å²) >= 11 is 0. The van der Waals surface area contributed by atoms with Gasteiger partial charge in [-0.1, -0.05) is 24.3 Å². The van der Waals surface area contributed by atoms with Gasteiger partial charge in [-0.15, -0.1) is 0 Å². The Labute approximate surface area is 216 Å². The zero-order valence-electron chi connectivity index (χ0n) is 20.8. The minimum Gasteiger partial charge on any atom is -0.338 e. The molecular weight excluding hydrogens is 497 g/mol. The third kappa shape index (κ3) is 3.84. The number of halogens is 3. The van der Waals surface area contributed by atoms with Gasteiger partial charge >= 0.3 is 5.92 Å². The standard InChI is InChI=1S/C27H25F3N6O2/c1-27(29,30)22(37)17-12-11-15(13-18(17)28)14-35-24-21(23(33-35)31-16-7-4-3-5-8-16)25(38)34(2)26-32-19-9-6-10-20(19)36(24)26/h3-5,7-8,11-13,19-20H,6,9-10,14H2,1-2H3,(H,31,33)/t19-,20+/m1/s1. The number of nitrogens with one attached hydrogen (secondary N) is 1. The van der Waals surface area contributed by atoms with Gasteiger partial charge in [0, 0.05) is 19.7 Å². The number of fused-ring (bicyclic) bond motifs is 5. The number of carbonyl (C=O) groups excluding carboxylic acids is 2. The molecular formula is C27H25F3N6O2. The summed E-state index contributed by atoms with van der Waals surface area (Å²) in [5.41, 5.74) is 0.849. The predicted octanol–water partition coefficient (Wildman–Crippen LogP) is 4.83. The first-order valence-electron chi connectivity index (χ1n) is 12.4. The fraction of sp³-hybridized carbons (Fsp3) is 0.333. The lowest BCUT2D eigenvalue weighted by molar-refractivity contribution is 0.0217. The number of hydrogen-bond donors (Lipinski definition) is 1. The van der Waals surface area contributed by atoms with Crippen molar-refractivity contribution in [3.63, 3.8) is 0 Å². The normalized spacial score (nSPS) is 20.2. The minimum absolute atomic E-state index is 0.0465. The van der Waals surface area contributed by atoms with Gasteiger partial charge in [-0.3, -0.25) is 19.4 Å². The number of aliphatic imine (C=N–C) groups is 1. The fourth-order valence-corrected chi connectivity index (χ4v) is 5.49. The Morgan fingerprint density at radius 2 is 1.92 bits per heavy atom. The van der Waals surface area contributed by atoms with Crippen molar-refractivity contribution in [1.29, 1.82) is 0 Å². The average molecular weight is 523 g/mol. The van der Waals surface area contributed by atoms with Gasteiger partial charge in [0.05, 0.1) is 24.2 Å². The van der Waals surface area contributed by atoms with Gasteiger partial charge in [0.1, 0.15) is 17.2 Å². The molecule has 3 heterocycles. The lowest BCUT2D eigenvalue weighted by Gasteiger charge is -2.35. The molecule has 1 N–H and O–H groups in total. The van der Waals surface area contributed by atoms with Crippen molar-refractivity contribution in [2.45, 2.75) is 50.7 Å². The summed E-state index contributed by atoms with van der Waals surface area (Å²) in [4.78, 5) is 33.9. The molecule has 1 fully saturated rings. The number of carbonyl (C=O) groups is 2. The first-order valence-corrected chi connectivity index (χ1v) is 12.4. The number of Topliss-reactive ketones (excluding diaryl/α,β-unsaturated/α-hetero) is 1. The van der Waals surface area contributed by atoms with Gasteiger partial charge in [-0.05, 0) is 49.1 Å². The molecule has 196 valence electrons. The van der Waals surface area contributed by atoms with E-state index in [-0.39, 0.29) is 24.5 Å². The first kappa shape index (κ1) is 24.2. The molecule has 11 heteroatoms. The maximum Gasteiger partial charge on any atom is 0.307 e. The molecule has 1 aromatic heterocycles. The number of rotatable bonds is 6. The van der Waals surface area contributed by atoms with E-state index in [0.717, 1.165) is 37.1 Å². The largest absolute Gasteiger partial charge is 0.338 e. The van der Waals surface area contributed by atoms with Gasteiger partial charge in [-0.2, -0.15) is 13.9 Å². The number of aromatic nitrogens is 2. The molecule has 6 rings (SSSR count). The van der Waals surface area contributed by atoms with E-state index in [1.165, 1.54) is 11.0 Å². The van der Waals surface area contributed by atoms with Crippen LogP contribution < -0.4 is 10.2 Å². The minimum atomic E-state index is -3.68. The number of ketones is 1. The van der Waals surface area contributed by atoms with Crippen molar-refractivity contribution < 1.29 is 22.8 Å². The highest BCUT2D eigenvalue weighted by atomic mass is 19.3. The molecule has 3 aromatic rings. The van der Waals surface area contributed by atoms with Crippen LogP contribution in [0.5, 0.6) is 0 Å². The van der Waals surface area contributed by atoms with Crippen molar-refractivity contribution in [3.05, 3.63) is 71.0 Å². The van der Waals surface area contributed by atoms with E-state index in [9.17, 15) is 22.8 Å². The average Bonchev–Trinajstić information content (AvgIpc) is 3.56. The molecule has 0 bridgehead atoms. The molecule has 38 heavy (non-hydrogen) atoms. The third-order valence-electron chi connectivity index (χ3n) is 7.29. The van der Waals surface area contributed by atoms with Gasteiger partial charge in [0.15, 0.2) is 5.82 Å². The van der Waals surface area contributed by atoms with Gasteiger partial charge in [-0.25, -0.2) is 14.1 Å². The van der Waals surface area contributed by atoms with E-state index in [0.29, 0.717) is 35.6 Å². The van der Waals surface area contributed by atoms with Crippen molar-refractivity contribution in [1.82, 2.24) is 14.7 Å². The monoisotopic (exact) mass is 522 g/mol. The second-order valence-electron chi connectivity index (χ2n) is 9.96. The molecule has 2 atom stereocenters. The summed E-state index contributed by atoms with van der Waals surface area (Å²) in [6.07, 6.45) is 2.85. The SMILES string of the molecule is CN1C(=O)c2c(Nc3ccccc3)nn(Cc3ccc(C(=O)C(C)(F)F)c(F)c3)c2N2C1=N[C@@H]1CCC[C@@H]12. The van der Waals surface area contributed by atoms with E-state index in [1.54, 1.807) is 11.7 Å². The lowest BCUT2D eigenvalue weighted by Crippen LogP contribution is -2.52. The van der Waals surface area contributed by atoms with Crippen molar-refractivity contribution >= 4 is 35.0 Å². The fourth-order valence-electron chi connectivity index (χ4n) is 5.49. The number of para-hydroxylation sites is 1. The molecule has 3 aliphatic rings. The van der Waals surface area contributed by atoms with Crippen LogP contribution in [0.4, 0.5) is 30.5 Å². The van der Waals surface area contributed by atoms with E-state index in [1.807, 2.05) is 35.2 Å². The van der Waals surface area contributed by atoms with Crippen LogP contribution in [0.2, 0.25) is 0 Å². The number of anilines is 3. The highest BCUT2D eigenvalue weighted by Gasteiger charge is 2.49. The Balaban J connectivity index is 1.44. The number of amides is 1. The maximum absolute atomic E-state index is 14.8. The number of alkyl halides is 2. The molecule has 0 radical (unpaired) electrons. The number of hydrogen-bond acceptors (Lipinski definition) is 6. The van der Waals surface area contributed by atoms with Gasteiger partial charge in [0.25, 0.3) is 5.91 Å². The van der Waals surface area contributed by atoms with Crippen molar-refractivity contribution in [2.75, 3.05) is 17.3 Å². The summed E-state index contributed by atoms with van der Waals surface area (Å²) in [6.45, 7) is 0.490. The lowest BCUT2D eigenvalue weighted by atomic mass is 10.0. The van der Waals surface area contributed by atoms with Gasteiger partial charge in [0.2, 0.25) is 11.7 Å². The molecule has 8 nitrogen and oxygen atoms in total. The smallest absolute Gasteiger partial charge is 0.307 e. The molecule has 2 aromatic carbocycles. The van der Waals surface area contributed by atoms with Crippen LogP contribution in [-0.2, 0) is 6.54 Å². The maximum atomic E-state index is 14.8. The van der Waals surface area contributed by atoms with E-state index in [4.69, 9.17) is 10.1 Å². The van der Waals surface area contributed by atoms with E-state index in [2.05, 4.69) is 5.32 Å². The topological polar surface area (TPSA) is 82.8 Å². The van der Waals surface area contributed by atoms with E-state index >= 15 is 0 Å². The summed E-state index contributed by atoms with van der Waals surface area (Å²) < 4.78 is 43.4. The Morgan fingerprint density at radius 1 is 1.16 bits per heavy atom. The second kappa shape index (κ2) is 8.71. The zero-order chi connectivity index (χ0) is 26.8. The Morgan fingerprint density at radius 3 is 2.63 bits per heavy atom. The van der Waals surface area contributed by atoms with Crippen LogP contribution in [0.3, 0.4) is 0 Å². The van der Waals surface area contributed by atoms with Crippen LogP contribution in [0.15, 0.2) is 53.5 Å². The van der Waals surface area contributed by atoms with Crippen LogP contribution in [0.25, 0.3) is 0 Å². The Bertz CT molecular complexity index is 1480. The molecule has 1 saturated carbocycles. The quantitative estimate of drug-likeness (QED) is 0.469. The summed E-state index contributed by atoms with van der Waals surface area (Å²) in [7, 11) is 1.69. The number of guanidine groups is 1. The molecule has 0 spiro atoms. The molecule has 1 amide bonds. The summed E-state index contributed by atoms with van der Waals surface area (Å²) in [5, 5.41) is 7.95. The van der Waals surface area contributed by atoms with Crippen LogP contribution in [-0.4, -0.2) is 57.4 Å². The first-order chi connectivity index (χ1) is 18.1. The highest BCUT2D eigenvalue weighted by Crippen LogP contribution is 2.43. The molecule has 2 aliphatic heterocycles. The Kier molecular flexibility index (Phi) is 5.55. The molecule has 0 unspecified atom stereocenters. The Hall–Kier alpha value is -4.15. The summed E-state index contributed by atoms with van der Waals surface area (Å²) in [5.74, 6) is -5.10. The van der Waals surface area contributed by atoms with Crippen molar-refractivity contribution in [3.8, 4) is 0 Å². The van der Waals surface area contributed by atoms with Crippen molar-refractivity contribution in [2.24, 2.45) is 4.99 Å². The number of nitrogens with zero attached hydrogens (tertiary/aromatic N) is 5. The predicted molar refractivity (Wildman–Crippen MR) is 136 cm³/mol. The third-order valence-corrected chi connectivity index (χ3v) is 7.29. The van der Waals surface area contributed by atoms with Crippen LogP contribution in [0.1, 0.15) is 52.5 Å². The number of benzene rings is 2. The highest BCUT2D eigenvalue weighted by molar-refractivity contribution is 6.21.